The van der Waals surface area contributed by atoms with Gasteiger partial charge in [-0.25, -0.2) is 0 Å². The predicted molar refractivity (Wildman–Crippen MR) is 74.9 cm³/mol. The van der Waals surface area contributed by atoms with Crippen molar-refractivity contribution >= 4 is 39.7 Å². The van der Waals surface area contributed by atoms with Gasteiger partial charge in [0.15, 0.2) is 4.34 Å². The summed E-state index contributed by atoms with van der Waals surface area (Å²) in [6.45, 7) is 1.95. The summed E-state index contributed by atoms with van der Waals surface area (Å²) < 4.78 is 0.942. The van der Waals surface area contributed by atoms with E-state index in [9.17, 15) is 0 Å². The van der Waals surface area contributed by atoms with Crippen LogP contribution >= 0.6 is 23.1 Å². The molecule has 0 atom stereocenters. The van der Waals surface area contributed by atoms with Crippen LogP contribution in [0.3, 0.4) is 0 Å². The van der Waals surface area contributed by atoms with E-state index in [2.05, 4.69) is 15.2 Å². The molecule has 0 radical (unpaired) electrons. The number of benzene rings is 1. The van der Waals surface area contributed by atoms with E-state index in [1.54, 1.807) is 29.3 Å². The van der Waals surface area contributed by atoms with Crippen LogP contribution in [0, 0.1) is 6.92 Å². The van der Waals surface area contributed by atoms with Gasteiger partial charge in [0.05, 0.1) is 5.52 Å². The quantitative estimate of drug-likeness (QED) is 0.727. The highest BCUT2D eigenvalue weighted by molar-refractivity contribution is 8.01. The van der Waals surface area contributed by atoms with Gasteiger partial charge in [-0.15, -0.1) is 10.2 Å². The van der Waals surface area contributed by atoms with E-state index < -0.39 is 0 Å². The largest absolute Gasteiger partial charge is 0.399 e. The Kier molecular flexibility index (Phi) is 2.89. The lowest BCUT2D eigenvalue weighted by atomic mass is 10.2. The molecule has 0 fully saturated rings. The standard InChI is InChI=1S/C12H10N4S2/c1-7-15-16-12(17-7)18-11-4-5-14-10-6-8(13)2-3-9(10)11/h2-6H,13H2,1H3. The molecule has 0 aliphatic rings. The van der Waals surface area contributed by atoms with E-state index >= 15 is 0 Å². The van der Waals surface area contributed by atoms with Crippen LogP contribution in [0.5, 0.6) is 0 Å². The SMILES string of the molecule is Cc1nnc(Sc2ccnc3cc(N)ccc23)s1. The van der Waals surface area contributed by atoms with Gasteiger partial charge in [0, 0.05) is 22.2 Å². The fourth-order valence-electron chi connectivity index (χ4n) is 1.64. The maximum atomic E-state index is 5.76. The monoisotopic (exact) mass is 274 g/mol. The zero-order valence-corrected chi connectivity index (χ0v) is 11.3. The highest BCUT2D eigenvalue weighted by Gasteiger charge is 2.07. The van der Waals surface area contributed by atoms with Crippen LogP contribution in [0.2, 0.25) is 0 Å². The van der Waals surface area contributed by atoms with Gasteiger partial charge in [0.2, 0.25) is 0 Å². The third kappa shape index (κ3) is 2.16. The molecule has 0 spiro atoms. The summed E-state index contributed by atoms with van der Waals surface area (Å²) >= 11 is 3.20. The molecule has 2 heterocycles. The van der Waals surface area contributed by atoms with Crippen LogP contribution in [-0.4, -0.2) is 15.2 Å². The van der Waals surface area contributed by atoms with Gasteiger partial charge in [0.1, 0.15) is 5.01 Å². The first-order valence-electron chi connectivity index (χ1n) is 5.34. The van der Waals surface area contributed by atoms with Gasteiger partial charge in [-0.3, -0.25) is 4.98 Å². The summed E-state index contributed by atoms with van der Waals surface area (Å²) in [5, 5.41) is 10.2. The molecule has 0 bridgehead atoms. The lowest BCUT2D eigenvalue weighted by Crippen LogP contribution is -1.87. The molecule has 2 N–H and O–H groups in total. The molecule has 0 aliphatic carbocycles. The number of aryl methyl sites for hydroxylation is 1. The van der Waals surface area contributed by atoms with Crippen LogP contribution in [0.15, 0.2) is 39.7 Å². The topological polar surface area (TPSA) is 64.7 Å². The van der Waals surface area contributed by atoms with Crippen molar-refractivity contribution in [2.75, 3.05) is 5.73 Å². The Bertz CT molecular complexity index is 708. The predicted octanol–water partition coefficient (Wildman–Crippen LogP) is 3.13. The summed E-state index contributed by atoms with van der Waals surface area (Å²) in [6.07, 6.45) is 1.79. The highest BCUT2D eigenvalue weighted by Crippen LogP contribution is 2.34. The first-order valence-corrected chi connectivity index (χ1v) is 6.98. The second-order valence-electron chi connectivity index (χ2n) is 3.77. The zero-order chi connectivity index (χ0) is 12.5. The van der Waals surface area contributed by atoms with Crippen LogP contribution in [0.1, 0.15) is 5.01 Å². The van der Waals surface area contributed by atoms with Gasteiger partial charge in [0.25, 0.3) is 0 Å². The van der Waals surface area contributed by atoms with Crippen molar-refractivity contribution in [2.24, 2.45) is 0 Å². The van der Waals surface area contributed by atoms with Crippen LogP contribution in [0.4, 0.5) is 5.69 Å². The molecule has 2 aromatic heterocycles. The van der Waals surface area contributed by atoms with E-state index in [4.69, 9.17) is 5.73 Å². The summed E-state index contributed by atoms with van der Waals surface area (Å²) in [6, 6.07) is 7.75. The Labute approximate surface area is 112 Å². The van der Waals surface area contributed by atoms with Crippen molar-refractivity contribution < 1.29 is 0 Å². The average molecular weight is 274 g/mol. The van der Waals surface area contributed by atoms with Gasteiger partial charge in [-0.2, -0.15) is 0 Å². The Morgan fingerprint density at radius 3 is 2.89 bits per heavy atom. The fourth-order valence-corrected chi connectivity index (χ4v) is 3.54. The molecule has 3 aromatic rings. The second kappa shape index (κ2) is 4.55. The molecular formula is C12H10N4S2. The molecule has 18 heavy (non-hydrogen) atoms. The smallest absolute Gasteiger partial charge is 0.179 e. The van der Waals surface area contributed by atoms with Crippen molar-refractivity contribution in [1.29, 1.82) is 0 Å². The van der Waals surface area contributed by atoms with Crippen molar-refractivity contribution in [2.45, 2.75) is 16.2 Å². The molecule has 90 valence electrons. The summed E-state index contributed by atoms with van der Waals surface area (Å²) in [7, 11) is 0. The van der Waals surface area contributed by atoms with Crippen molar-refractivity contribution in [3.8, 4) is 0 Å². The average Bonchev–Trinajstić information content (AvgIpc) is 2.75. The minimum Gasteiger partial charge on any atom is -0.399 e. The first kappa shape index (κ1) is 11.4. The summed E-state index contributed by atoms with van der Waals surface area (Å²) in [5.41, 5.74) is 7.39. The lowest BCUT2D eigenvalue weighted by molar-refractivity contribution is 0.984. The summed E-state index contributed by atoms with van der Waals surface area (Å²) in [5.74, 6) is 0. The number of nitrogens with two attached hydrogens (primary N) is 1. The Hall–Kier alpha value is -1.66. The van der Waals surface area contributed by atoms with Crippen LogP contribution < -0.4 is 5.73 Å². The van der Waals surface area contributed by atoms with Gasteiger partial charge in [-0.1, -0.05) is 23.1 Å². The van der Waals surface area contributed by atoms with E-state index in [-0.39, 0.29) is 0 Å². The molecule has 0 saturated carbocycles. The first-order chi connectivity index (χ1) is 8.72. The number of hydrogen-bond donors (Lipinski definition) is 1. The number of pyridine rings is 1. The maximum Gasteiger partial charge on any atom is 0.179 e. The van der Waals surface area contributed by atoms with E-state index in [0.717, 1.165) is 30.8 Å². The number of aromatic nitrogens is 3. The Morgan fingerprint density at radius 1 is 1.22 bits per heavy atom. The molecule has 0 saturated heterocycles. The number of nitrogens with zero attached hydrogens (tertiary/aromatic N) is 3. The Morgan fingerprint density at radius 2 is 2.11 bits per heavy atom. The third-order valence-corrected chi connectivity index (χ3v) is 4.40. The number of fused-ring (bicyclic) bond motifs is 1. The van der Waals surface area contributed by atoms with Gasteiger partial charge >= 0.3 is 0 Å². The highest BCUT2D eigenvalue weighted by atomic mass is 32.2. The zero-order valence-electron chi connectivity index (χ0n) is 9.62. The van der Waals surface area contributed by atoms with Gasteiger partial charge in [-0.05, 0) is 31.2 Å². The van der Waals surface area contributed by atoms with Crippen LogP contribution in [-0.2, 0) is 0 Å². The molecule has 1 aromatic carbocycles. The molecule has 3 rings (SSSR count). The van der Waals surface area contributed by atoms with Gasteiger partial charge < -0.3 is 5.73 Å². The second-order valence-corrected chi connectivity index (χ2v) is 6.25. The number of hydrogen-bond acceptors (Lipinski definition) is 6. The normalized spacial score (nSPS) is 10.9. The molecule has 0 aliphatic heterocycles. The molecule has 4 nitrogen and oxygen atoms in total. The van der Waals surface area contributed by atoms with Crippen molar-refractivity contribution in [3.05, 3.63) is 35.5 Å². The van der Waals surface area contributed by atoms with E-state index in [0.29, 0.717) is 0 Å². The summed E-state index contributed by atoms with van der Waals surface area (Å²) in [4.78, 5) is 5.44. The number of anilines is 1. The number of rotatable bonds is 2. The molecule has 6 heteroatoms. The lowest BCUT2D eigenvalue weighted by Gasteiger charge is -2.03. The molecule has 0 amide bonds. The maximum absolute atomic E-state index is 5.76. The van der Waals surface area contributed by atoms with E-state index in [1.807, 2.05) is 31.2 Å². The fraction of sp³-hybridized carbons (Fsp3) is 0.0833. The third-order valence-electron chi connectivity index (χ3n) is 2.43. The minimum absolute atomic E-state index is 0.726. The number of nitrogen functional groups attached to an aromatic ring is 1. The van der Waals surface area contributed by atoms with Crippen LogP contribution in [0.25, 0.3) is 10.9 Å². The molecular weight excluding hydrogens is 264 g/mol. The van der Waals surface area contributed by atoms with E-state index in [1.165, 1.54) is 0 Å². The van der Waals surface area contributed by atoms with Crippen molar-refractivity contribution in [1.82, 2.24) is 15.2 Å². The van der Waals surface area contributed by atoms with Crippen molar-refractivity contribution in [3.63, 3.8) is 0 Å². The molecule has 0 unspecified atom stereocenters. The Balaban J connectivity index is 2.06. The minimum atomic E-state index is 0.726.